The Kier molecular flexibility index (Phi) is 5.99. The van der Waals surface area contributed by atoms with E-state index in [1.165, 1.54) is 36.4 Å². The molecule has 0 aliphatic rings. The fraction of sp³-hybridized carbons (Fsp3) is 0.0909. The van der Waals surface area contributed by atoms with Gasteiger partial charge in [0.2, 0.25) is 0 Å². The molecule has 3 rings (SSSR count). The van der Waals surface area contributed by atoms with Gasteiger partial charge >= 0.3 is 5.97 Å². The number of hydrogen-bond acceptors (Lipinski definition) is 5. The number of Topliss-reactive ketones (excluding diaryl/α,β-unsaturated/α-hetero) is 1. The van der Waals surface area contributed by atoms with E-state index in [0.29, 0.717) is 11.3 Å². The lowest BCUT2D eigenvalue weighted by Crippen LogP contribution is -2.16. The minimum Gasteiger partial charge on any atom is -0.478 e. The molecule has 0 bridgehead atoms. The summed E-state index contributed by atoms with van der Waals surface area (Å²) in [4.78, 5) is 34.1. The second-order valence-electron chi connectivity index (χ2n) is 6.42. The predicted molar refractivity (Wildman–Crippen MR) is 108 cm³/mol. The Morgan fingerprint density at radius 3 is 2.03 bits per heavy atom. The maximum atomic E-state index is 12.8. The molecule has 1 atom stereocenters. The fourth-order valence-corrected chi connectivity index (χ4v) is 2.92. The van der Waals surface area contributed by atoms with Crippen molar-refractivity contribution in [3.8, 4) is 0 Å². The highest BCUT2D eigenvalue weighted by atomic mass is 16.6. The van der Waals surface area contributed by atoms with Crippen molar-refractivity contribution in [2.75, 3.05) is 5.32 Å². The molecule has 0 unspecified atom stereocenters. The van der Waals surface area contributed by atoms with Crippen LogP contribution < -0.4 is 5.32 Å². The number of ketones is 1. The number of rotatable bonds is 8. The Hall–Kier alpha value is -4.00. The summed E-state index contributed by atoms with van der Waals surface area (Å²) in [6.45, 7) is 0. The van der Waals surface area contributed by atoms with Crippen LogP contribution in [0.25, 0.3) is 0 Å². The molecule has 0 fully saturated rings. The van der Waals surface area contributed by atoms with Crippen LogP contribution >= 0.6 is 0 Å². The van der Waals surface area contributed by atoms with E-state index in [-0.39, 0.29) is 29.5 Å². The summed E-state index contributed by atoms with van der Waals surface area (Å²) in [6.07, 6.45) is 0.127. The summed E-state index contributed by atoms with van der Waals surface area (Å²) in [5, 5.41) is 23.1. The number of benzene rings is 3. The number of aromatic carboxylic acids is 1. The molecule has 146 valence electrons. The number of hydrogen-bond donors (Lipinski definition) is 2. The molecule has 0 radical (unpaired) electrons. The SMILES string of the molecule is O=C(O)c1ccc(N[C@@H](CC(=O)c2ccc([N+](=O)[O-])cc2)c2ccccc2)cc1. The Balaban J connectivity index is 1.81. The summed E-state index contributed by atoms with van der Waals surface area (Å²) in [7, 11) is 0. The highest BCUT2D eigenvalue weighted by molar-refractivity contribution is 5.97. The van der Waals surface area contributed by atoms with Crippen molar-refractivity contribution in [3.63, 3.8) is 0 Å². The Morgan fingerprint density at radius 1 is 0.897 bits per heavy atom. The highest BCUT2D eigenvalue weighted by Crippen LogP contribution is 2.25. The summed E-state index contributed by atoms with van der Waals surface area (Å²) in [5.41, 5.74) is 2.07. The van der Waals surface area contributed by atoms with Crippen LogP contribution in [0.2, 0.25) is 0 Å². The summed E-state index contributed by atoms with van der Waals surface area (Å²) < 4.78 is 0. The molecule has 0 amide bonds. The molecule has 0 saturated heterocycles. The van der Waals surface area contributed by atoms with Crippen LogP contribution in [-0.4, -0.2) is 21.8 Å². The molecule has 3 aromatic rings. The smallest absolute Gasteiger partial charge is 0.335 e. The number of carboxylic acids is 1. The van der Waals surface area contributed by atoms with Gasteiger partial charge in [-0.1, -0.05) is 30.3 Å². The number of anilines is 1. The third-order valence-electron chi connectivity index (χ3n) is 4.46. The number of non-ortho nitro benzene ring substituents is 1. The van der Waals surface area contributed by atoms with Gasteiger partial charge in [-0.15, -0.1) is 0 Å². The Labute approximate surface area is 166 Å². The van der Waals surface area contributed by atoms with E-state index in [0.717, 1.165) is 5.56 Å². The second-order valence-corrected chi connectivity index (χ2v) is 6.42. The topological polar surface area (TPSA) is 110 Å². The number of nitro groups is 1. The van der Waals surface area contributed by atoms with Crippen molar-refractivity contribution < 1.29 is 19.6 Å². The first-order valence-electron chi connectivity index (χ1n) is 8.86. The zero-order valence-electron chi connectivity index (χ0n) is 15.3. The van der Waals surface area contributed by atoms with Gasteiger partial charge in [0.25, 0.3) is 5.69 Å². The molecule has 29 heavy (non-hydrogen) atoms. The van der Waals surface area contributed by atoms with Gasteiger partial charge in [-0.2, -0.15) is 0 Å². The predicted octanol–water partition coefficient (Wildman–Crippen LogP) is 4.72. The minimum absolute atomic E-state index is 0.0715. The Bertz CT molecular complexity index is 1020. The summed E-state index contributed by atoms with van der Waals surface area (Å²) >= 11 is 0. The molecule has 0 spiro atoms. The lowest BCUT2D eigenvalue weighted by atomic mass is 9.97. The monoisotopic (exact) mass is 390 g/mol. The van der Waals surface area contributed by atoms with Crippen LogP contribution in [-0.2, 0) is 0 Å². The fourth-order valence-electron chi connectivity index (χ4n) is 2.92. The molecule has 3 aromatic carbocycles. The molecule has 0 saturated carbocycles. The van der Waals surface area contributed by atoms with Crippen molar-refractivity contribution in [2.45, 2.75) is 12.5 Å². The Morgan fingerprint density at radius 2 is 1.48 bits per heavy atom. The first-order valence-corrected chi connectivity index (χ1v) is 8.86. The van der Waals surface area contributed by atoms with Gasteiger partial charge in [-0.05, 0) is 42.0 Å². The molecular formula is C22H18N2O5. The van der Waals surface area contributed by atoms with Crippen LogP contribution in [0.15, 0.2) is 78.9 Å². The summed E-state index contributed by atoms with van der Waals surface area (Å²) in [5.74, 6) is -1.17. The quantitative estimate of drug-likeness (QED) is 0.327. The molecular weight excluding hydrogens is 372 g/mol. The van der Waals surface area contributed by atoms with E-state index in [4.69, 9.17) is 5.11 Å². The van der Waals surface area contributed by atoms with E-state index in [9.17, 15) is 19.7 Å². The van der Waals surface area contributed by atoms with Gasteiger partial charge in [0.1, 0.15) is 0 Å². The molecule has 7 heteroatoms. The molecule has 0 aliphatic carbocycles. The van der Waals surface area contributed by atoms with Gasteiger partial charge in [0, 0.05) is 29.8 Å². The van der Waals surface area contributed by atoms with E-state index in [1.54, 1.807) is 12.1 Å². The largest absolute Gasteiger partial charge is 0.478 e. The maximum absolute atomic E-state index is 12.8. The van der Waals surface area contributed by atoms with E-state index in [2.05, 4.69) is 5.32 Å². The molecule has 0 aliphatic heterocycles. The van der Waals surface area contributed by atoms with Gasteiger partial charge in [0.05, 0.1) is 16.5 Å². The molecule has 0 heterocycles. The number of nitro benzene ring substituents is 1. The average Bonchev–Trinajstić information content (AvgIpc) is 2.74. The van der Waals surface area contributed by atoms with Gasteiger partial charge in [0.15, 0.2) is 5.78 Å². The number of nitrogens with zero attached hydrogens (tertiary/aromatic N) is 1. The normalized spacial score (nSPS) is 11.4. The minimum atomic E-state index is -1.01. The van der Waals surface area contributed by atoms with Crippen molar-refractivity contribution in [2.24, 2.45) is 0 Å². The number of carboxylic acid groups (broad SMARTS) is 1. The zero-order valence-corrected chi connectivity index (χ0v) is 15.3. The van der Waals surface area contributed by atoms with Crippen molar-refractivity contribution >= 4 is 23.1 Å². The highest BCUT2D eigenvalue weighted by Gasteiger charge is 2.18. The summed E-state index contributed by atoms with van der Waals surface area (Å²) in [6, 6.07) is 20.8. The van der Waals surface area contributed by atoms with Crippen LogP contribution in [0.3, 0.4) is 0 Å². The third-order valence-corrected chi connectivity index (χ3v) is 4.46. The lowest BCUT2D eigenvalue weighted by molar-refractivity contribution is -0.384. The van der Waals surface area contributed by atoms with Crippen molar-refractivity contribution in [1.29, 1.82) is 0 Å². The zero-order chi connectivity index (χ0) is 20.8. The second kappa shape index (κ2) is 8.79. The van der Waals surface area contributed by atoms with Crippen LogP contribution in [0, 0.1) is 10.1 Å². The lowest BCUT2D eigenvalue weighted by Gasteiger charge is -2.20. The number of nitrogens with one attached hydrogen (secondary N) is 1. The standard InChI is InChI=1S/C22H18N2O5/c25-21(16-8-12-19(13-9-16)24(28)29)14-20(15-4-2-1-3-5-15)23-18-10-6-17(7-11-18)22(26)27/h1-13,20,23H,14H2,(H,26,27)/t20-/m0/s1. The molecule has 7 nitrogen and oxygen atoms in total. The van der Waals surface area contributed by atoms with Crippen molar-refractivity contribution in [1.82, 2.24) is 0 Å². The van der Waals surface area contributed by atoms with Crippen LogP contribution in [0.4, 0.5) is 11.4 Å². The molecule has 2 N–H and O–H groups in total. The van der Waals surface area contributed by atoms with Gasteiger partial charge < -0.3 is 10.4 Å². The maximum Gasteiger partial charge on any atom is 0.335 e. The van der Waals surface area contributed by atoms with Crippen LogP contribution in [0.5, 0.6) is 0 Å². The van der Waals surface area contributed by atoms with Gasteiger partial charge in [-0.3, -0.25) is 14.9 Å². The van der Waals surface area contributed by atoms with Gasteiger partial charge in [-0.25, -0.2) is 4.79 Å². The van der Waals surface area contributed by atoms with Crippen molar-refractivity contribution in [3.05, 3.63) is 106 Å². The number of carbonyl (C=O) groups excluding carboxylic acids is 1. The van der Waals surface area contributed by atoms with E-state index >= 15 is 0 Å². The number of carbonyl (C=O) groups is 2. The van der Waals surface area contributed by atoms with E-state index < -0.39 is 10.9 Å². The third kappa shape index (κ3) is 5.04. The average molecular weight is 390 g/mol. The first-order chi connectivity index (χ1) is 13.9. The molecule has 0 aromatic heterocycles. The van der Waals surface area contributed by atoms with E-state index in [1.807, 2.05) is 30.3 Å². The van der Waals surface area contributed by atoms with Crippen LogP contribution in [0.1, 0.15) is 38.7 Å². The first kappa shape index (κ1) is 19.8.